The highest BCUT2D eigenvalue weighted by Gasteiger charge is 2.52. The van der Waals surface area contributed by atoms with E-state index >= 15 is 0 Å². The number of halogens is 1. The molecule has 2 heterocycles. The first-order chi connectivity index (χ1) is 19.7. The van der Waals surface area contributed by atoms with E-state index in [-0.39, 0.29) is 23.2 Å². The van der Waals surface area contributed by atoms with Crippen molar-refractivity contribution in [2.45, 2.75) is 44.2 Å². The van der Waals surface area contributed by atoms with Gasteiger partial charge in [0.2, 0.25) is 0 Å². The van der Waals surface area contributed by atoms with Gasteiger partial charge in [-0.3, -0.25) is 14.6 Å². The Morgan fingerprint density at radius 2 is 1.98 bits per heavy atom. The number of ether oxygens (including phenoxy) is 3. The van der Waals surface area contributed by atoms with Crippen LogP contribution >= 0.6 is 22.9 Å². The highest BCUT2D eigenvalue weighted by Crippen LogP contribution is 2.37. The molecule has 2 amide bonds. The lowest BCUT2D eigenvalue weighted by Gasteiger charge is -2.15. The normalized spacial score (nSPS) is 16.1. The van der Waals surface area contributed by atoms with Crippen LogP contribution in [0.1, 0.15) is 58.3 Å². The van der Waals surface area contributed by atoms with Gasteiger partial charge < -0.3 is 24.8 Å². The number of rotatable bonds is 12. The van der Waals surface area contributed by atoms with Crippen molar-refractivity contribution in [1.82, 2.24) is 20.6 Å². The molecule has 0 bridgehead atoms. The van der Waals surface area contributed by atoms with E-state index in [1.165, 1.54) is 49.6 Å². The van der Waals surface area contributed by atoms with Crippen molar-refractivity contribution in [3.8, 4) is 16.7 Å². The van der Waals surface area contributed by atoms with Gasteiger partial charge in [-0.25, -0.2) is 9.78 Å². The summed E-state index contributed by atoms with van der Waals surface area (Å²) in [6.45, 7) is 2.53. The summed E-state index contributed by atoms with van der Waals surface area (Å²) in [5.74, 6) is 0.438. The highest BCUT2D eigenvalue weighted by molar-refractivity contribution is 7.14. The van der Waals surface area contributed by atoms with Crippen molar-refractivity contribution in [1.29, 1.82) is 0 Å². The van der Waals surface area contributed by atoms with Gasteiger partial charge in [0.1, 0.15) is 22.7 Å². The summed E-state index contributed by atoms with van der Waals surface area (Å²) in [6.07, 6.45) is 10.1. The summed E-state index contributed by atoms with van der Waals surface area (Å²) < 4.78 is 16.4. The molecule has 0 radical (unpaired) electrons. The number of nitrogens with zero attached hydrogens (tertiary/aromatic N) is 2. The molecule has 0 spiro atoms. The fourth-order valence-corrected chi connectivity index (χ4v) is 4.80. The zero-order valence-electron chi connectivity index (χ0n) is 22.5. The van der Waals surface area contributed by atoms with Crippen molar-refractivity contribution in [2.75, 3.05) is 13.7 Å². The smallest absolute Gasteiger partial charge is 0.331 e. The Hall–Kier alpha value is -3.96. The van der Waals surface area contributed by atoms with Crippen LogP contribution in [0, 0.1) is 5.92 Å². The number of pyridine rings is 1. The monoisotopic (exact) mass is 596 g/mol. The number of hydrogen-bond donors (Lipinski definition) is 2. The first kappa shape index (κ1) is 28.6. The van der Waals surface area contributed by atoms with Crippen molar-refractivity contribution in [2.24, 2.45) is 5.92 Å². The van der Waals surface area contributed by atoms with Crippen LogP contribution in [0.25, 0.3) is 6.08 Å². The number of amides is 2. The fraction of sp³-hybridized carbons (Fsp3) is 0.345. The van der Waals surface area contributed by atoms with Gasteiger partial charge in [0.15, 0.2) is 0 Å². The van der Waals surface area contributed by atoms with Gasteiger partial charge in [0, 0.05) is 30.1 Å². The van der Waals surface area contributed by atoms with E-state index in [0.717, 1.165) is 4.88 Å². The molecule has 41 heavy (non-hydrogen) atoms. The van der Waals surface area contributed by atoms with Crippen LogP contribution in [0.4, 0.5) is 0 Å². The number of nitrogens with one attached hydrogen (secondary N) is 2. The number of benzene rings is 1. The van der Waals surface area contributed by atoms with Crippen LogP contribution in [-0.2, 0) is 9.53 Å². The van der Waals surface area contributed by atoms with Crippen molar-refractivity contribution in [3.63, 3.8) is 0 Å². The number of aromatic nitrogens is 2. The number of carbonyl (C=O) groups is 3. The molecule has 1 aromatic carbocycles. The fourth-order valence-electron chi connectivity index (χ4n) is 3.90. The minimum absolute atomic E-state index is 0.0359. The number of methoxy groups -OCH3 is 1. The average Bonchev–Trinajstić information content (AvgIpc) is 3.90. The summed E-state index contributed by atoms with van der Waals surface area (Å²) in [4.78, 5) is 46.5. The summed E-state index contributed by atoms with van der Waals surface area (Å²) >= 11 is 7.70. The largest absolute Gasteiger partial charge is 0.493 e. The maximum Gasteiger partial charge on any atom is 0.331 e. The quantitative estimate of drug-likeness (QED) is 0.278. The molecule has 2 fully saturated rings. The Morgan fingerprint density at radius 3 is 2.68 bits per heavy atom. The lowest BCUT2D eigenvalue weighted by Crippen LogP contribution is -2.44. The second-order valence-corrected chi connectivity index (χ2v) is 11.5. The second kappa shape index (κ2) is 12.3. The van der Waals surface area contributed by atoms with E-state index < -0.39 is 17.4 Å². The summed E-state index contributed by atoms with van der Waals surface area (Å²) in [5.41, 5.74) is -0.704. The molecule has 2 aliphatic carbocycles. The van der Waals surface area contributed by atoms with Gasteiger partial charge in [-0.05, 0) is 68.9 Å². The average molecular weight is 597 g/mol. The molecule has 0 unspecified atom stereocenters. The molecular formula is C29H29ClN4O6S. The van der Waals surface area contributed by atoms with Gasteiger partial charge in [0.05, 0.1) is 23.6 Å². The van der Waals surface area contributed by atoms with Gasteiger partial charge in [-0.2, -0.15) is 0 Å². The van der Waals surface area contributed by atoms with Crippen LogP contribution < -0.4 is 20.1 Å². The molecule has 2 saturated carbocycles. The van der Waals surface area contributed by atoms with Crippen molar-refractivity contribution in [3.05, 3.63) is 70.0 Å². The third-order valence-corrected chi connectivity index (χ3v) is 7.76. The Bertz CT molecular complexity index is 1480. The van der Waals surface area contributed by atoms with Crippen LogP contribution in [0.2, 0.25) is 5.02 Å². The summed E-state index contributed by atoms with van der Waals surface area (Å²) in [7, 11) is 1.27. The van der Waals surface area contributed by atoms with Crippen LogP contribution in [0.15, 0.2) is 48.8 Å². The number of thiazole rings is 1. The first-order valence-electron chi connectivity index (χ1n) is 13.2. The second-order valence-electron chi connectivity index (χ2n) is 10.1. The molecule has 5 rings (SSSR count). The molecule has 0 saturated heterocycles. The predicted octanol–water partition coefficient (Wildman–Crippen LogP) is 5.04. The van der Waals surface area contributed by atoms with E-state index in [0.29, 0.717) is 47.1 Å². The van der Waals surface area contributed by atoms with Gasteiger partial charge in [-0.15, -0.1) is 0 Å². The van der Waals surface area contributed by atoms with E-state index in [1.807, 2.05) is 25.1 Å². The van der Waals surface area contributed by atoms with Gasteiger partial charge in [-0.1, -0.05) is 29.0 Å². The Balaban J connectivity index is 1.13. The Kier molecular flexibility index (Phi) is 8.55. The molecule has 3 aromatic rings. The van der Waals surface area contributed by atoms with Crippen molar-refractivity contribution >= 4 is 46.8 Å². The molecule has 214 valence electrons. The molecule has 1 atom stereocenters. The topological polar surface area (TPSA) is 129 Å². The van der Waals surface area contributed by atoms with Crippen LogP contribution in [0.5, 0.6) is 16.7 Å². The van der Waals surface area contributed by atoms with E-state index in [1.54, 1.807) is 18.3 Å². The zero-order chi connectivity index (χ0) is 29.0. The molecule has 2 aromatic heterocycles. The zero-order valence-corrected chi connectivity index (χ0v) is 24.1. The molecule has 2 aliphatic rings. The molecule has 10 nitrogen and oxygen atoms in total. The third kappa shape index (κ3) is 7.42. The molecule has 12 heteroatoms. The Labute approximate surface area is 246 Å². The van der Waals surface area contributed by atoms with Crippen LogP contribution in [-0.4, -0.2) is 53.0 Å². The highest BCUT2D eigenvalue weighted by atomic mass is 35.5. The molecule has 2 N–H and O–H groups in total. The summed E-state index contributed by atoms with van der Waals surface area (Å²) in [5, 5.41) is 6.40. The number of esters is 1. The lowest BCUT2D eigenvalue weighted by atomic mass is 10.1. The maximum atomic E-state index is 12.8. The van der Waals surface area contributed by atoms with Crippen molar-refractivity contribution < 1.29 is 28.6 Å². The minimum atomic E-state index is -1.01. The SMILES string of the molecule is COC(=O)C1(NC(=O)c2cc(C(=O)N[C@@H](C)/C=C/c3cnc(Oc4ccc(OCC5CC5)cc4Cl)s3)ccn2)CC1. The standard InChI is InChI=1S/C29H29ClN4O6S/c1-17(33-25(35)19-9-12-31-23(13-19)26(36)34-29(10-11-29)27(37)38-2)3-7-21-15-32-28(41-21)40-24-8-6-20(14-22(24)30)39-16-18-4-5-18/h3,6-9,12-15,17-18H,4-5,10-11,16H2,1-2H3,(H,33,35)(H,34,36)/b7-3+/t17-/m0/s1. The van der Waals surface area contributed by atoms with E-state index in [4.69, 9.17) is 25.8 Å². The van der Waals surface area contributed by atoms with E-state index in [9.17, 15) is 14.4 Å². The van der Waals surface area contributed by atoms with Crippen LogP contribution in [0.3, 0.4) is 0 Å². The molecule has 0 aliphatic heterocycles. The number of hydrogen-bond acceptors (Lipinski definition) is 9. The maximum absolute atomic E-state index is 12.8. The van der Waals surface area contributed by atoms with E-state index in [2.05, 4.69) is 20.6 Å². The first-order valence-corrected chi connectivity index (χ1v) is 14.4. The van der Waals surface area contributed by atoms with Gasteiger partial charge >= 0.3 is 5.97 Å². The Morgan fingerprint density at radius 1 is 1.17 bits per heavy atom. The number of carbonyl (C=O) groups excluding carboxylic acids is 3. The molecular weight excluding hydrogens is 568 g/mol. The summed E-state index contributed by atoms with van der Waals surface area (Å²) in [6, 6.07) is 7.90. The lowest BCUT2D eigenvalue weighted by molar-refractivity contribution is -0.144. The van der Waals surface area contributed by atoms with Gasteiger partial charge in [0.25, 0.3) is 17.0 Å². The third-order valence-electron chi connectivity index (χ3n) is 6.63. The predicted molar refractivity (Wildman–Crippen MR) is 154 cm³/mol. The minimum Gasteiger partial charge on any atom is -0.493 e.